The van der Waals surface area contributed by atoms with E-state index >= 15 is 0 Å². The highest BCUT2D eigenvalue weighted by Gasteiger charge is 2.63. The van der Waals surface area contributed by atoms with Crippen LogP contribution >= 0.6 is 22.6 Å². The standard InChI is InChI=1S/C16H25IO2/c1-14(2)8-10(17)9-15(3)11(14)5-6-16(4)12(15)7-13(18)19-16/h10-12H,5-9H2,1-4H3. The van der Waals surface area contributed by atoms with Crippen LogP contribution < -0.4 is 0 Å². The van der Waals surface area contributed by atoms with Crippen molar-refractivity contribution in [1.82, 2.24) is 0 Å². The molecule has 0 radical (unpaired) electrons. The number of carbonyl (C=O) groups excluding carboxylic acids is 1. The van der Waals surface area contributed by atoms with Crippen LogP contribution in [0, 0.1) is 22.7 Å². The molecular formula is C16H25IO2. The lowest BCUT2D eigenvalue weighted by atomic mass is 9.45. The molecule has 3 rings (SSSR count). The van der Waals surface area contributed by atoms with Gasteiger partial charge in [-0.1, -0.05) is 43.4 Å². The molecule has 3 heteroatoms. The van der Waals surface area contributed by atoms with Gasteiger partial charge in [0.25, 0.3) is 0 Å². The first kappa shape index (κ1) is 14.2. The van der Waals surface area contributed by atoms with Gasteiger partial charge in [0.05, 0.1) is 6.42 Å². The topological polar surface area (TPSA) is 26.3 Å². The molecule has 1 saturated heterocycles. The summed E-state index contributed by atoms with van der Waals surface area (Å²) in [5, 5.41) is 0. The quantitative estimate of drug-likeness (QED) is 0.357. The Hall–Kier alpha value is 0.200. The van der Waals surface area contributed by atoms with E-state index in [9.17, 15) is 4.79 Å². The summed E-state index contributed by atoms with van der Waals surface area (Å²) in [6.45, 7) is 9.48. The van der Waals surface area contributed by atoms with Gasteiger partial charge in [-0.05, 0) is 49.4 Å². The van der Waals surface area contributed by atoms with E-state index in [0.29, 0.717) is 17.8 Å². The molecule has 5 unspecified atom stereocenters. The molecule has 2 saturated carbocycles. The van der Waals surface area contributed by atoms with Gasteiger partial charge >= 0.3 is 5.97 Å². The molecule has 1 aliphatic heterocycles. The summed E-state index contributed by atoms with van der Waals surface area (Å²) >= 11 is 2.62. The van der Waals surface area contributed by atoms with E-state index in [1.54, 1.807) is 0 Å². The monoisotopic (exact) mass is 376 g/mol. The third-order valence-electron chi connectivity index (χ3n) is 6.33. The van der Waals surface area contributed by atoms with Gasteiger partial charge in [-0.25, -0.2) is 0 Å². The van der Waals surface area contributed by atoms with Crippen molar-refractivity contribution in [3.63, 3.8) is 0 Å². The molecule has 0 aromatic heterocycles. The number of carbonyl (C=O) groups is 1. The molecule has 0 aromatic carbocycles. The molecule has 2 aliphatic carbocycles. The van der Waals surface area contributed by atoms with Gasteiger partial charge in [0.15, 0.2) is 0 Å². The lowest BCUT2D eigenvalue weighted by Gasteiger charge is -2.60. The number of halogens is 1. The Bertz CT molecular complexity index is 419. The third-order valence-corrected chi connectivity index (χ3v) is 7.21. The summed E-state index contributed by atoms with van der Waals surface area (Å²) < 4.78 is 6.46. The van der Waals surface area contributed by atoms with Crippen molar-refractivity contribution in [2.45, 2.75) is 69.3 Å². The first-order valence-electron chi connectivity index (χ1n) is 7.53. The van der Waals surface area contributed by atoms with Crippen LogP contribution in [0.15, 0.2) is 0 Å². The highest BCUT2D eigenvalue weighted by Crippen LogP contribution is 2.65. The first-order chi connectivity index (χ1) is 8.67. The average Bonchev–Trinajstić information content (AvgIpc) is 2.51. The third kappa shape index (κ3) is 1.97. The molecule has 19 heavy (non-hydrogen) atoms. The molecule has 0 amide bonds. The Morgan fingerprint density at radius 1 is 1.16 bits per heavy atom. The van der Waals surface area contributed by atoms with Crippen molar-refractivity contribution >= 4 is 28.6 Å². The fourth-order valence-electron chi connectivity index (χ4n) is 5.75. The van der Waals surface area contributed by atoms with Crippen LogP contribution in [-0.2, 0) is 9.53 Å². The van der Waals surface area contributed by atoms with E-state index < -0.39 is 0 Å². The minimum atomic E-state index is -0.188. The van der Waals surface area contributed by atoms with Gasteiger partial charge in [0.2, 0.25) is 0 Å². The fraction of sp³-hybridized carbons (Fsp3) is 0.938. The summed E-state index contributed by atoms with van der Waals surface area (Å²) in [4.78, 5) is 11.9. The van der Waals surface area contributed by atoms with Crippen LogP contribution in [0.1, 0.15) is 59.8 Å². The minimum Gasteiger partial charge on any atom is -0.459 e. The molecule has 5 atom stereocenters. The SMILES string of the molecule is CC1(C)CC(I)CC2(C)C1CCC1(C)OC(=O)CC12. The molecule has 0 N–H and O–H groups in total. The Morgan fingerprint density at radius 3 is 2.53 bits per heavy atom. The molecule has 0 spiro atoms. The molecule has 3 aliphatic rings. The van der Waals surface area contributed by atoms with Gasteiger partial charge in [-0.3, -0.25) is 4.79 Å². The second kappa shape index (κ2) is 4.11. The zero-order valence-electron chi connectivity index (χ0n) is 12.5. The van der Waals surface area contributed by atoms with Crippen molar-refractivity contribution in [2.75, 3.05) is 0 Å². The zero-order valence-corrected chi connectivity index (χ0v) is 14.6. The molecule has 3 fully saturated rings. The Morgan fingerprint density at radius 2 is 1.84 bits per heavy atom. The van der Waals surface area contributed by atoms with Gasteiger partial charge in [0.1, 0.15) is 5.60 Å². The number of esters is 1. The highest BCUT2D eigenvalue weighted by atomic mass is 127. The van der Waals surface area contributed by atoms with Gasteiger partial charge in [-0.15, -0.1) is 0 Å². The summed E-state index contributed by atoms with van der Waals surface area (Å²) in [6, 6.07) is 0. The predicted octanol–water partition coefficient (Wildman–Crippen LogP) is 4.35. The van der Waals surface area contributed by atoms with Crippen LogP contribution in [0.25, 0.3) is 0 Å². The smallest absolute Gasteiger partial charge is 0.306 e. The van der Waals surface area contributed by atoms with Crippen molar-refractivity contribution in [3.05, 3.63) is 0 Å². The van der Waals surface area contributed by atoms with Crippen LogP contribution in [0.5, 0.6) is 0 Å². The minimum absolute atomic E-state index is 0.0303. The lowest BCUT2D eigenvalue weighted by Crippen LogP contribution is -2.57. The molecule has 108 valence electrons. The van der Waals surface area contributed by atoms with Crippen LogP contribution in [-0.4, -0.2) is 15.5 Å². The number of rotatable bonds is 0. The van der Waals surface area contributed by atoms with Crippen LogP contribution in [0.2, 0.25) is 0 Å². The molecular weight excluding hydrogens is 351 g/mol. The first-order valence-corrected chi connectivity index (χ1v) is 8.78. The number of hydrogen-bond donors (Lipinski definition) is 0. The van der Waals surface area contributed by atoms with Gasteiger partial charge in [-0.2, -0.15) is 0 Å². The lowest BCUT2D eigenvalue weighted by molar-refractivity contribution is -0.163. The summed E-state index contributed by atoms with van der Waals surface area (Å²) in [5.41, 5.74) is 0.477. The van der Waals surface area contributed by atoms with Crippen molar-refractivity contribution in [1.29, 1.82) is 0 Å². The summed E-state index contributed by atoms with van der Waals surface area (Å²) in [5.74, 6) is 1.18. The number of alkyl halides is 1. The van der Waals surface area contributed by atoms with Crippen molar-refractivity contribution < 1.29 is 9.53 Å². The largest absolute Gasteiger partial charge is 0.459 e. The Labute approximate surface area is 130 Å². The maximum Gasteiger partial charge on any atom is 0.306 e. The van der Waals surface area contributed by atoms with Crippen LogP contribution in [0.3, 0.4) is 0 Å². The Kier molecular flexibility index (Phi) is 3.06. The van der Waals surface area contributed by atoms with Gasteiger partial charge in [0, 0.05) is 9.84 Å². The van der Waals surface area contributed by atoms with E-state index in [-0.39, 0.29) is 17.0 Å². The average molecular weight is 376 g/mol. The molecule has 2 nitrogen and oxygen atoms in total. The summed E-state index contributed by atoms with van der Waals surface area (Å²) in [6.07, 6.45) is 5.47. The zero-order chi connectivity index (χ0) is 14.1. The predicted molar refractivity (Wildman–Crippen MR) is 84.3 cm³/mol. The van der Waals surface area contributed by atoms with E-state index in [2.05, 4.69) is 50.3 Å². The maximum absolute atomic E-state index is 11.9. The Balaban J connectivity index is 2.02. The van der Waals surface area contributed by atoms with E-state index in [1.807, 2.05) is 0 Å². The molecule has 0 bridgehead atoms. The van der Waals surface area contributed by atoms with Gasteiger partial charge < -0.3 is 4.74 Å². The van der Waals surface area contributed by atoms with E-state index in [1.165, 1.54) is 19.3 Å². The summed E-state index contributed by atoms with van der Waals surface area (Å²) in [7, 11) is 0. The van der Waals surface area contributed by atoms with Crippen LogP contribution in [0.4, 0.5) is 0 Å². The van der Waals surface area contributed by atoms with Crippen molar-refractivity contribution in [3.8, 4) is 0 Å². The number of ether oxygens (including phenoxy) is 1. The van der Waals surface area contributed by atoms with Crippen molar-refractivity contribution in [2.24, 2.45) is 22.7 Å². The number of fused-ring (bicyclic) bond motifs is 3. The highest BCUT2D eigenvalue weighted by molar-refractivity contribution is 14.1. The fourth-order valence-corrected chi connectivity index (χ4v) is 7.83. The van der Waals surface area contributed by atoms with E-state index in [0.717, 1.165) is 16.3 Å². The number of hydrogen-bond acceptors (Lipinski definition) is 2. The second-order valence-corrected chi connectivity index (χ2v) is 9.90. The van der Waals surface area contributed by atoms with E-state index in [4.69, 9.17) is 4.74 Å². The molecule has 1 heterocycles. The molecule has 0 aromatic rings. The second-order valence-electron chi connectivity index (χ2n) is 8.13. The maximum atomic E-state index is 11.9. The normalized spacial score (nSPS) is 52.3.